The molecule has 8 rings (SSSR count). The number of aryl methyl sites for hydroxylation is 2. The minimum atomic E-state index is 0.220. The molecule has 1 fully saturated rings. The van der Waals surface area contributed by atoms with Gasteiger partial charge in [-0.05, 0) is 77.1 Å². The van der Waals surface area contributed by atoms with Crippen molar-refractivity contribution in [2.24, 2.45) is 12.5 Å². The summed E-state index contributed by atoms with van der Waals surface area (Å²) in [6.07, 6.45) is 10.0. The van der Waals surface area contributed by atoms with E-state index in [4.69, 9.17) is 0 Å². The monoisotopic (exact) mass is 549 g/mol. The summed E-state index contributed by atoms with van der Waals surface area (Å²) in [6, 6.07) is 28.0. The molecular formula is C40H41N2+. The first-order valence-electron chi connectivity index (χ1n) is 15.9. The predicted octanol–water partition coefficient (Wildman–Crippen LogP) is 10.4. The topological polar surface area (TPSA) is 8.29 Å². The van der Waals surface area contributed by atoms with E-state index < -0.39 is 0 Å². The van der Waals surface area contributed by atoms with Crippen LogP contribution in [0.3, 0.4) is 0 Å². The summed E-state index contributed by atoms with van der Waals surface area (Å²) in [7, 11) is 2.24. The van der Waals surface area contributed by atoms with Crippen molar-refractivity contribution in [3.8, 4) is 11.3 Å². The van der Waals surface area contributed by atoms with Gasteiger partial charge in [0.1, 0.15) is 12.6 Å². The quantitative estimate of drug-likeness (QED) is 0.194. The molecule has 0 unspecified atom stereocenters. The van der Waals surface area contributed by atoms with E-state index in [0.29, 0.717) is 5.92 Å². The summed E-state index contributed by atoms with van der Waals surface area (Å²) in [5, 5.41) is 8.35. The van der Waals surface area contributed by atoms with Crippen molar-refractivity contribution in [2.45, 2.75) is 72.1 Å². The Morgan fingerprint density at radius 2 is 1.45 bits per heavy atom. The van der Waals surface area contributed by atoms with Crippen LogP contribution in [0, 0.1) is 12.3 Å². The molecule has 1 saturated carbocycles. The Morgan fingerprint density at radius 3 is 2.24 bits per heavy atom. The van der Waals surface area contributed by atoms with Crippen molar-refractivity contribution in [2.75, 3.05) is 0 Å². The number of rotatable bonds is 3. The lowest BCUT2D eigenvalue weighted by Gasteiger charge is -2.25. The first-order valence-corrected chi connectivity index (χ1v) is 15.9. The first kappa shape index (κ1) is 25.8. The van der Waals surface area contributed by atoms with Crippen LogP contribution in [0.1, 0.15) is 75.5 Å². The summed E-state index contributed by atoms with van der Waals surface area (Å²) in [5.74, 6) is 0.640. The molecule has 0 spiro atoms. The van der Waals surface area contributed by atoms with E-state index in [1.807, 2.05) is 0 Å². The Kier molecular flexibility index (Phi) is 5.70. The number of fused-ring (bicyclic) bond motifs is 7. The lowest BCUT2D eigenvalue weighted by Crippen LogP contribution is -2.31. The predicted molar refractivity (Wildman–Crippen MR) is 179 cm³/mol. The molecule has 0 aliphatic heterocycles. The second kappa shape index (κ2) is 9.30. The SMILES string of the molecule is Cc1c(-c2c3c(cc[n+]2C)c2cccc4c5c(CC(C)(C)C)cccc5n3c24)cc(C2CCCCC2)c2ccccc12. The fourth-order valence-corrected chi connectivity index (χ4v) is 8.30. The fraction of sp³-hybridized carbons (Fsp3) is 0.325. The average molecular weight is 550 g/mol. The van der Waals surface area contributed by atoms with Crippen LogP contribution in [-0.4, -0.2) is 4.40 Å². The number of para-hydroxylation sites is 1. The van der Waals surface area contributed by atoms with Crippen molar-refractivity contribution in [1.82, 2.24) is 4.40 Å². The second-order valence-electron chi connectivity index (χ2n) is 14.1. The van der Waals surface area contributed by atoms with Gasteiger partial charge in [0.05, 0.1) is 16.6 Å². The van der Waals surface area contributed by atoms with Crippen LogP contribution in [0.25, 0.3) is 60.1 Å². The largest absolute Gasteiger partial charge is 0.302 e. The molecule has 0 N–H and O–H groups in total. The van der Waals surface area contributed by atoms with Gasteiger partial charge in [-0.15, -0.1) is 0 Å². The Labute approximate surface area is 248 Å². The summed E-state index contributed by atoms with van der Waals surface area (Å²) in [5.41, 5.74) is 11.3. The van der Waals surface area contributed by atoms with E-state index in [1.54, 1.807) is 5.56 Å². The van der Waals surface area contributed by atoms with Gasteiger partial charge < -0.3 is 4.40 Å². The van der Waals surface area contributed by atoms with Crippen molar-refractivity contribution < 1.29 is 4.57 Å². The minimum absolute atomic E-state index is 0.220. The Balaban J connectivity index is 1.52. The summed E-state index contributed by atoms with van der Waals surface area (Å²) < 4.78 is 4.98. The van der Waals surface area contributed by atoms with Crippen LogP contribution >= 0.6 is 0 Å². The zero-order chi connectivity index (χ0) is 28.7. The van der Waals surface area contributed by atoms with Crippen LogP contribution < -0.4 is 4.57 Å². The van der Waals surface area contributed by atoms with Gasteiger partial charge >= 0.3 is 0 Å². The molecule has 0 bridgehead atoms. The summed E-state index contributed by atoms with van der Waals surface area (Å²) >= 11 is 0. The van der Waals surface area contributed by atoms with E-state index in [9.17, 15) is 0 Å². The van der Waals surface area contributed by atoms with Crippen molar-refractivity contribution in [3.63, 3.8) is 0 Å². The molecule has 0 atom stereocenters. The lowest BCUT2D eigenvalue weighted by atomic mass is 9.80. The van der Waals surface area contributed by atoms with Crippen LogP contribution in [-0.2, 0) is 13.5 Å². The molecule has 3 heterocycles. The Hall–Kier alpha value is -3.91. The molecule has 1 aliphatic rings. The molecule has 0 amide bonds. The minimum Gasteiger partial charge on any atom is -0.302 e. The van der Waals surface area contributed by atoms with E-state index in [-0.39, 0.29) is 5.41 Å². The molecule has 0 radical (unpaired) electrons. The maximum atomic E-state index is 2.60. The third-order valence-corrected chi connectivity index (χ3v) is 10.1. The van der Waals surface area contributed by atoms with Crippen molar-refractivity contribution in [3.05, 3.63) is 95.7 Å². The van der Waals surface area contributed by atoms with Gasteiger partial charge in [-0.25, -0.2) is 0 Å². The van der Waals surface area contributed by atoms with E-state index in [1.165, 1.54) is 103 Å². The number of hydrogen-bond donors (Lipinski definition) is 0. The molecule has 7 aromatic rings. The Bertz CT molecular complexity index is 2150. The molecule has 0 saturated heterocycles. The van der Waals surface area contributed by atoms with Gasteiger partial charge in [0.25, 0.3) is 0 Å². The molecule has 2 nitrogen and oxygen atoms in total. The first-order chi connectivity index (χ1) is 20.3. The van der Waals surface area contributed by atoms with Gasteiger partial charge in [0.2, 0.25) is 5.69 Å². The number of hydrogen-bond acceptors (Lipinski definition) is 0. The summed E-state index contributed by atoms with van der Waals surface area (Å²) in [4.78, 5) is 0. The number of benzene rings is 4. The smallest absolute Gasteiger partial charge is 0.237 e. The summed E-state index contributed by atoms with van der Waals surface area (Å²) in [6.45, 7) is 9.39. The third-order valence-electron chi connectivity index (χ3n) is 10.1. The van der Waals surface area contributed by atoms with E-state index >= 15 is 0 Å². The molecular weight excluding hydrogens is 508 g/mol. The van der Waals surface area contributed by atoms with Gasteiger partial charge in [-0.3, -0.25) is 0 Å². The van der Waals surface area contributed by atoms with Crippen molar-refractivity contribution >= 4 is 48.9 Å². The fourth-order valence-electron chi connectivity index (χ4n) is 8.30. The highest BCUT2D eigenvalue weighted by Crippen LogP contribution is 2.45. The van der Waals surface area contributed by atoms with Gasteiger partial charge in [0.15, 0.2) is 6.20 Å². The zero-order valence-corrected chi connectivity index (χ0v) is 25.7. The highest BCUT2D eigenvalue weighted by Gasteiger charge is 2.29. The lowest BCUT2D eigenvalue weighted by molar-refractivity contribution is -0.659. The number of aromatic nitrogens is 2. The van der Waals surface area contributed by atoms with Crippen LogP contribution in [0.4, 0.5) is 0 Å². The molecule has 4 aromatic carbocycles. The maximum Gasteiger partial charge on any atom is 0.237 e. The zero-order valence-electron chi connectivity index (χ0n) is 25.7. The van der Waals surface area contributed by atoms with Crippen LogP contribution in [0.5, 0.6) is 0 Å². The van der Waals surface area contributed by atoms with Crippen LogP contribution in [0.15, 0.2) is 79.0 Å². The van der Waals surface area contributed by atoms with E-state index in [0.717, 1.165) is 6.42 Å². The molecule has 3 aromatic heterocycles. The molecule has 210 valence electrons. The van der Waals surface area contributed by atoms with Gasteiger partial charge in [0, 0.05) is 27.6 Å². The van der Waals surface area contributed by atoms with Crippen molar-refractivity contribution in [1.29, 1.82) is 0 Å². The molecule has 1 aliphatic carbocycles. The standard InChI is InChI=1S/C40H41N2/c1-25-28-16-9-10-17-29(28)34(26-13-7-6-8-14-26)23-33(25)38-39-31(21-22-41(38)5)30-18-12-19-32-36-27(24-40(2,3)4)15-11-20-35(36)42(39)37(30)32/h9-12,15-23,26H,6-8,13-14,24H2,1-5H3/q+1. The highest BCUT2D eigenvalue weighted by molar-refractivity contribution is 6.25. The number of nitrogens with zero attached hydrogens (tertiary/aromatic N) is 2. The maximum absolute atomic E-state index is 2.60. The van der Waals surface area contributed by atoms with E-state index in [2.05, 4.69) is 123 Å². The normalized spacial score (nSPS) is 15.3. The molecule has 42 heavy (non-hydrogen) atoms. The third kappa shape index (κ3) is 3.73. The average Bonchev–Trinajstić information content (AvgIpc) is 3.50. The Morgan fingerprint density at radius 1 is 0.762 bits per heavy atom. The second-order valence-corrected chi connectivity index (χ2v) is 14.1. The van der Waals surface area contributed by atoms with Crippen LogP contribution in [0.2, 0.25) is 0 Å². The van der Waals surface area contributed by atoms with Gasteiger partial charge in [-0.2, -0.15) is 4.57 Å². The molecule has 2 heteroatoms. The van der Waals surface area contributed by atoms with Gasteiger partial charge in [-0.1, -0.05) is 94.6 Å². The highest BCUT2D eigenvalue weighted by atomic mass is 15.0. The number of pyridine rings is 1.